The van der Waals surface area contributed by atoms with Crippen molar-refractivity contribution in [1.82, 2.24) is 5.32 Å². The molecule has 0 aliphatic heterocycles. The van der Waals surface area contributed by atoms with Crippen LogP contribution >= 0.6 is 0 Å². The number of nitrogens with zero attached hydrogens (tertiary/aromatic N) is 1. The quantitative estimate of drug-likeness (QED) is 0.453. The third-order valence-corrected chi connectivity index (χ3v) is 2.61. The lowest BCUT2D eigenvalue weighted by Gasteiger charge is -2.14. The lowest BCUT2D eigenvalue weighted by molar-refractivity contribution is 0.152. The van der Waals surface area contributed by atoms with Gasteiger partial charge in [0.15, 0.2) is 17.5 Å². The van der Waals surface area contributed by atoms with E-state index in [9.17, 15) is 0 Å². The molecule has 6 heteroatoms. The Morgan fingerprint density at radius 2 is 1.95 bits per heavy atom. The van der Waals surface area contributed by atoms with Crippen molar-refractivity contribution in [2.75, 3.05) is 46.3 Å². The summed E-state index contributed by atoms with van der Waals surface area (Å²) in [5, 5.41) is 6.34. The molecule has 0 radical (unpaired) electrons. The molecule has 0 amide bonds. The van der Waals surface area contributed by atoms with Gasteiger partial charge in [-0.05, 0) is 19.1 Å². The lowest BCUT2D eigenvalue weighted by atomic mass is 10.3. The molecule has 112 valence electrons. The number of methoxy groups -OCH3 is 2. The number of hydrogen-bond acceptors (Lipinski definition) is 4. The first-order valence-electron chi connectivity index (χ1n) is 6.52. The predicted molar refractivity (Wildman–Crippen MR) is 81.0 cm³/mol. The van der Waals surface area contributed by atoms with Crippen molar-refractivity contribution in [3.05, 3.63) is 18.2 Å². The van der Waals surface area contributed by atoms with Crippen LogP contribution in [0.3, 0.4) is 0 Å². The van der Waals surface area contributed by atoms with Crippen LogP contribution in [0.4, 0.5) is 5.69 Å². The minimum Gasteiger partial charge on any atom is -0.493 e. The summed E-state index contributed by atoms with van der Waals surface area (Å²) in [4.78, 5) is 4.15. The zero-order valence-electron chi connectivity index (χ0n) is 12.5. The Balaban J connectivity index is 2.61. The van der Waals surface area contributed by atoms with E-state index in [0.717, 1.165) is 5.69 Å². The van der Waals surface area contributed by atoms with Crippen molar-refractivity contribution < 1.29 is 14.2 Å². The van der Waals surface area contributed by atoms with Crippen molar-refractivity contribution in [3.8, 4) is 11.5 Å². The van der Waals surface area contributed by atoms with Gasteiger partial charge in [0.1, 0.15) is 0 Å². The second-order valence-electron chi connectivity index (χ2n) is 3.89. The Morgan fingerprint density at radius 3 is 2.55 bits per heavy atom. The van der Waals surface area contributed by atoms with Crippen LogP contribution < -0.4 is 20.1 Å². The van der Waals surface area contributed by atoms with Crippen molar-refractivity contribution in [3.63, 3.8) is 0 Å². The number of benzene rings is 1. The number of rotatable bonds is 7. The Hall–Kier alpha value is -1.95. The molecule has 1 rings (SSSR count). The smallest absolute Gasteiger partial charge is 0.195 e. The summed E-state index contributed by atoms with van der Waals surface area (Å²) in [5.74, 6) is 2.04. The number of nitrogens with one attached hydrogen (secondary N) is 2. The van der Waals surface area contributed by atoms with Crippen LogP contribution in [0.15, 0.2) is 23.2 Å². The fraction of sp³-hybridized carbons (Fsp3) is 0.500. The summed E-state index contributed by atoms with van der Waals surface area (Å²) in [6.45, 7) is 4.02. The SMILES string of the molecule is CCOCCNC(=NC)Nc1ccc(OC)c(OC)c1. The molecule has 0 spiro atoms. The van der Waals surface area contributed by atoms with Crippen molar-refractivity contribution in [1.29, 1.82) is 0 Å². The standard InChI is InChI=1S/C14H23N3O3/c1-5-20-9-8-16-14(15-2)17-11-6-7-12(18-3)13(10-11)19-4/h6-7,10H,5,8-9H2,1-4H3,(H2,15,16,17). The predicted octanol–water partition coefficient (Wildman–Crippen LogP) is 1.73. The molecule has 0 bridgehead atoms. The van der Waals surface area contributed by atoms with E-state index in [0.29, 0.717) is 37.2 Å². The topological polar surface area (TPSA) is 64.1 Å². The molecule has 2 N–H and O–H groups in total. The number of hydrogen-bond donors (Lipinski definition) is 2. The van der Waals surface area contributed by atoms with Crippen LogP contribution in [0.25, 0.3) is 0 Å². The van der Waals surface area contributed by atoms with Gasteiger partial charge in [-0.2, -0.15) is 0 Å². The van der Waals surface area contributed by atoms with Crippen LogP contribution in [0.1, 0.15) is 6.92 Å². The highest BCUT2D eigenvalue weighted by Crippen LogP contribution is 2.29. The second kappa shape index (κ2) is 9.03. The molecule has 0 heterocycles. The van der Waals surface area contributed by atoms with Crippen molar-refractivity contribution >= 4 is 11.6 Å². The molecule has 0 fully saturated rings. The molecule has 0 aromatic heterocycles. The van der Waals surface area contributed by atoms with E-state index in [-0.39, 0.29) is 0 Å². The van der Waals surface area contributed by atoms with Crippen LogP contribution in [-0.4, -0.2) is 47.0 Å². The first kappa shape index (κ1) is 16.1. The van der Waals surface area contributed by atoms with Gasteiger partial charge in [-0.1, -0.05) is 0 Å². The van der Waals surface area contributed by atoms with Gasteiger partial charge >= 0.3 is 0 Å². The van der Waals surface area contributed by atoms with E-state index in [2.05, 4.69) is 15.6 Å². The minimum atomic E-state index is 0.642. The fourth-order valence-electron chi connectivity index (χ4n) is 1.62. The number of guanidine groups is 1. The van der Waals surface area contributed by atoms with E-state index >= 15 is 0 Å². The van der Waals surface area contributed by atoms with Crippen molar-refractivity contribution in [2.45, 2.75) is 6.92 Å². The molecule has 6 nitrogen and oxygen atoms in total. The van der Waals surface area contributed by atoms with Gasteiger partial charge < -0.3 is 24.8 Å². The average Bonchev–Trinajstić information content (AvgIpc) is 2.50. The number of anilines is 1. The van der Waals surface area contributed by atoms with E-state index < -0.39 is 0 Å². The maximum Gasteiger partial charge on any atom is 0.195 e. The van der Waals surface area contributed by atoms with Crippen LogP contribution in [0.2, 0.25) is 0 Å². The monoisotopic (exact) mass is 281 g/mol. The maximum atomic E-state index is 5.26. The average molecular weight is 281 g/mol. The fourth-order valence-corrected chi connectivity index (χ4v) is 1.62. The van der Waals surface area contributed by atoms with Gasteiger partial charge in [0.25, 0.3) is 0 Å². The highest BCUT2D eigenvalue weighted by atomic mass is 16.5. The van der Waals surface area contributed by atoms with Gasteiger partial charge in [-0.3, -0.25) is 4.99 Å². The highest BCUT2D eigenvalue weighted by Gasteiger charge is 2.05. The molecule has 0 atom stereocenters. The molecule has 20 heavy (non-hydrogen) atoms. The van der Waals surface area contributed by atoms with E-state index in [1.54, 1.807) is 21.3 Å². The Kier molecular flexibility index (Phi) is 7.27. The third kappa shape index (κ3) is 4.97. The van der Waals surface area contributed by atoms with E-state index in [1.807, 2.05) is 25.1 Å². The zero-order chi connectivity index (χ0) is 14.8. The molecule has 0 unspecified atom stereocenters. The van der Waals surface area contributed by atoms with Gasteiger partial charge in [0.2, 0.25) is 0 Å². The summed E-state index contributed by atoms with van der Waals surface area (Å²) >= 11 is 0. The van der Waals surface area contributed by atoms with Crippen LogP contribution in [0.5, 0.6) is 11.5 Å². The molecule has 0 saturated carbocycles. The van der Waals surface area contributed by atoms with Gasteiger partial charge in [0, 0.05) is 32.0 Å². The number of aliphatic imine (C=N–C) groups is 1. The summed E-state index contributed by atoms with van der Waals surface area (Å²) < 4.78 is 15.7. The van der Waals surface area contributed by atoms with Gasteiger partial charge in [0.05, 0.1) is 20.8 Å². The van der Waals surface area contributed by atoms with E-state index in [4.69, 9.17) is 14.2 Å². The Bertz CT molecular complexity index is 436. The van der Waals surface area contributed by atoms with Crippen LogP contribution in [-0.2, 0) is 4.74 Å². The minimum absolute atomic E-state index is 0.642. The summed E-state index contributed by atoms with van der Waals surface area (Å²) in [5.41, 5.74) is 0.868. The first-order chi connectivity index (χ1) is 9.74. The molecular weight excluding hydrogens is 258 g/mol. The second-order valence-corrected chi connectivity index (χ2v) is 3.89. The largest absolute Gasteiger partial charge is 0.493 e. The summed E-state index contributed by atoms with van der Waals surface area (Å²) in [6, 6.07) is 5.60. The maximum absolute atomic E-state index is 5.26. The first-order valence-corrected chi connectivity index (χ1v) is 6.52. The van der Waals surface area contributed by atoms with Gasteiger partial charge in [-0.15, -0.1) is 0 Å². The normalized spacial score (nSPS) is 11.1. The number of ether oxygens (including phenoxy) is 3. The zero-order valence-corrected chi connectivity index (χ0v) is 12.5. The van der Waals surface area contributed by atoms with Gasteiger partial charge in [-0.25, -0.2) is 0 Å². The molecule has 0 aliphatic carbocycles. The molecule has 1 aromatic rings. The highest BCUT2D eigenvalue weighted by molar-refractivity contribution is 5.93. The third-order valence-electron chi connectivity index (χ3n) is 2.61. The van der Waals surface area contributed by atoms with Crippen LogP contribution in [0, 0.1) is 0 Å². The molecule has 0 aliphatic rings. The summed E-state index contributed by atoms with van der Waals surface area (Å²) in [6.07, 6.45) is 0. The van der Waals surface area contributed by atoms with Crippen molar-refractivity contribution in [2.24, 2.45) is 4.99 Å². The molecule has 1 aromatic carbocycles. The summed E-state index contributed by atoms with van der Waals surface area (Å²) in [7, 11) is 4.94. The Morgan fingerprint density at radius 1 is 1.20 bits per heavy atom. The lowest BCUT2D eigenvalue weighted by Crippen LogP contribution is -2.33. The Labute approximate surface area is 120 Å². The molecule has 0 saturated heterocycles. The van der Waals surface area contributed by atoms with E-state index in [1.165, 1.54) is 0 Å². The molecular formula is C14H23N3O3.